The molecule has 0 spiro atoms. The van der Waals surface area contributed by atoms with Crippen LogP contribution in [0.3, 0.4) is 0 Å². The molecule has 2 atom stereocenters. The number of rotatable bonds is 9. The summed E-state index contributed by atoms with van der Waals surface area (Å²) in [6, 6.07) is 18.5. The predicted molar refractivity (Wildman–Crippen MR) is 124 cm³/mol. The van der Waals surface area contributed by atoms with Crippen LogP contribution in [-0.4, -0.2) is 37.7 Å². The molecular formula is C25H36ClNO2. The smallest absolute Gasteiger partial charge is 0.118 e. The van der Waals surface area contributed by atoms with Crippen molar-refractivity contribution in [2.24, 2.45) is 0 Å². The topological polar surface area (TPSA) is 21.7 Å². The zero-order valence-corrected chi connectivity index (χ0v) is 18.9. The van der Waals surface area contributed by atoms with Gasteiger partial charge in [-0.2, -0.15) is 0 Å². The van der Waals surface area contributed by atoms with Crippen LogP contribution >= 0.6 is 12.4 Å². The normalized spacial score (nSPS) is 19.4. The van der Waals surface area contributed by atoms with E-state index in [9.17, 15) is 0 Å². The average molecular weight is 418 g/mol. The third-order valence-corrected chi connectivity index (χ3v) is 6.23. The highest BCUT2D eigenvalue weighted by Crippen LogP contribution is 2.29. The maximum absolute atomic E-state index is 5.27. The lowest BCUT2D eigenvalue weighted by atomic mass is 9.89. The van der Waals surface area contributed by atoms with Gasteiger partial charge in [0, 0.05) is 12.1 Å². The van der Waals surface area contributed by atoms with E-state index in [-0.39, 0.29) is 12.4 Å². The van der Waals surface area contributed by atoms with Crippen molar-refractivity contribution >= 4 is 12.4 Å². The van der Waals surface area contributed by atoms with Crippen molar-refractivity contribution in [3.05, 3.63) is 59.7 Å². The summed E-state index contributed by atoms with van der Waals surface area (Å²) in [5, 5.41) is 0. The van der Waals surface area contributed by atoms with Crippen molar-refractivity contribution in [2.75, 3.05) is 20.8 Å². The number of nitrogens with zero attached hydrogens (tertiary/aromatic N) is 1. The number of piperidine rings is 1. The SMILES string of the molecule is CCN1C(CCc2ccc(OC)cc2)CCCC1CCc1ccc(OC)cc1.Cl. The van der Waals surface area contributed by atoms with Gasteiger partial charge in [-0.1, -0.05) is 37.6 Å². The Kier molecular flexibility index (Phi) is 9.83. The summed E-state index contributed by atoms with van der Waals surface area (Å²) in [5.41, 5.74) is 2.83. The first-order chi connectivity index (χ1) is 13.7. The summed E-state index contributed by atoms with van der Waals surface area (Å²) >= 11 is 0. The highest BCUT2D eigenvalue weighted by atomic mass is 35.5. The molecule has 3 rings (SSSR count). The lowest BCUT2D eigenvalue weighted by molar-refractivity contribution is 0.0785. The van der Waals surface area contributed by atoms with Crippen LogP contribution in [0.1, 0.15) is 50.2 Å². The molecule has 0 N–H and O–H groups in total. The van der Waals surface area contributed by atoms with Gasteiger partial charge in [-0.05, 0) is 80.5 Å². The van der Waals surface area contributed by atoms with Crippen LogP contribution < -0.4 is 9.47 Å². The lowest BCUT2D eigenvalue weighted by Crippen LogP contribution is -2.46. The number of halogens is 1. The molecule has 4 heteroatoms. The largest absolute Gasteiger partial charge is 0.497 e. The number of likely N-dealkylation sites (tertiary alicyclic amines) is 1. The van der Waals surface area contributed by atoms with Crippen molar-refractivity contribution in [1.29, 1.82) is 0 Å². The number of benzene rings is 2. The van der Waals surface area contributed by atoms with Crippen molar-refractivity contribution in [3.8, 4) is 11.5 Å². The average Bonchev–Trinajstić information content (AvgIpc) is 2.76. The molecule has 2 aromatic rings. The summed E-state index contributed by atoms with van der Waals surface area (Å²) in [5.74, 6) is 1.88. The fourth-order valence-corrected chi connectivity index (χ4v) is 4.61. The molecule has 1 saturated heterocycles. The van der Waals surface area contributed by atoms with Crippen LogP contribution in [-0.2, 0) is 12.8 Å². The molecule has 0 radical (unpaired) electrons. The first kappa shape index (κ1) is 23.6. The van der Waals surface area contributed by atoms with Crippen molar-refractivity contribution in [3.63, 3.8) is 0 Å². The summed E-state index contributed by atoms with van der Waals surface area (Å²) in [7, 11) is 3.45. The molecule has 0 aromatic heterocycles. The zero-order chi connectivity index (χ0) is 19.8. The quantitative estimate of drug-likeness (QED) is 0.504. The predicted octanol–water partition coefficient (Wildman–Crippen LogP) is 5.93. The number of hydrogen-bond acceptors (Lipinski definition) is 3. The van der Waals surface area contributed by atoms with E-state index in [1.165, 1.54) is 43.2 Å². The summed E-state index contributed by atoms with van der Waals surface area (Å²) in [6.07, 6.45) is 8.83. The first-order valence-corrected chi connectivity index (χ1v) is 10.7. The van der Waals surface area contributed by atoms with Crippen molar-refractivity contribution < 1.29 is 9.47 Å². The molecule has 0 saturated carbocycles. The third kappa shape index (κ3) is 6.65. The monoisotopic (exact) mass is 417 g/mol. The Bertz CT molecular complexity index is 642. The van der Waals surface area contributed by atoms with E-state index >= 15 is 0 Å². The van der Waals surface area contributed by atoms with Gasteiger partial charge in [-0.25, -0.2) is 0 Å². The first-order valence-electron chi connectivity index (χ1n) is 10.7. The molecule has 1 heterocycles. The van der Waals surface area contributed by atoms with Gasteiger partial charge in [0.15, 0.2) is 0 Å². The van der Waals surface area contributed by atoms with E-state index in [0.29, 0.717) is 12.1 Å². The van der Waals surface area contributed by atoms with Gasteiger partial charge in [-0.3, -0.25) is 4.90 Å². The Morgan fingerprint density at radius 1 is 0.759 bits per heavy atom. The van der Waals surface area contributed by atoms with Crippen LogP contribution in [0.2, 0.25) is 0 Å². The Labute approximate surface area is 182 Å². The van der Waals surface area contributed by atoms with Gasteiger partial charge in [0.25, 0.3) is 0 Å². The molecule has 1 aliphatic rings. The van der Waals surface area contributed by atoms with Crippen LogP contribution in [0.15, 0.2) is 48.5 Å². The van der Waals surface area contributed by atoms with Gasteiger partial charge in [0.2, 0.25) is 0 Å². The Balaban J connectivity index is 0.00000300. The maximum atomic E-state index is 5.27. The minimum atomic E-state index is 0. The number of hydrogen-bond donors (Lipinski definition) is 0. The van der Waals surface area contributed by atoms with E-state index in [1.807, 2.05) is 0 Å². The van der Waals surface area contributed by atoms with Crippen LogP contribution in [0.25, 0.3) is 0 Å². The van der Waals surface area contributed by atoms with E-state index in [4.69, 9.17) is 9.47 Å². The Morgan fingerprint density at radius 3 is 1.52 bits per heavy atom. The Morgan fingerprint density at radius 2 is 1.17 bits per heavy atom. The highest BCUT2D eigenvalue weighted by Gasteiger charge is 2.28. The standard InChI is InChI=1S/C25H35NO2.ClH/c1-4-26-22(14-8-20-10-16-24(27-2)17-11-20)6-5-7-23(26)15-9-21-12-18-25(28-3)19-13-21;/h10-13,16-19,22-23H,4-9,14-15H2,1-3H3;1H. The van der Waals surface area contributed by atoms with E-state index in [2.05, 4.69) is 60.4 Å². The molecule has 1 aliphatic heterocycles. The molecule has 160 valence electrons. The van der Waals surface area contributed by atoms with E-state index < -0.39 is 0 Å². The second-order valence-electron chi connectivity index (χ2n) is 7.84. The lowest BCUT2D eigenvalue weighted by Gasteiger charge is -2.42. The minimum Gasteiger partial charge on any atom is -0.497 e. The fraction of sp³-hybridized carbons (Fsp3) is 0.520. The molecule has 0 bridgehead atoms. The number of methoxy groups -OCH3 is 2. The second-order valence-corrected chi connectivity index (χ2v) is 7.84. The third-order valence-electron chi connectivity index (χ3n) is 6.23. The maximum Gasteiger partial charge on any atom is 0.118 e. The van der Waals surface area contributed by atoms with Crippen LogP contribution in [0, 0.1) is 0 Å². The van der Waals surface area contributed by atoms with Crippen molar-refractivity contribution in [1.82, 2.24) is 4.90 Å². The van der Waals surface area contributed by atoms with Crippen LogP contribution in [0.4, 0.5) is 0 Å². The molecule has 2 aromatic carbocycles. The van der Waals surface area contributed by atoms with E-state index in [1.54, 1.807) is 14.2 Å². The molecule has 3 nitrogen and oxygen atoms in total. The molecule has 0 aliphatic carbocycles. The molecule has 1 fully saturated rings. The molecule has 2 unspecified atom stereocenters. The number of aryl methyl sites for hydroxylation is 2. The summed E-state index contributed by atoms with van der Waals surface area (Å²) < 4.78 is 10.5. The Hall–Kier alpha value is -1.71. The van der Waals surface area contributed by atoms with E-state index in [0.717, 1.165) is 30.9 Å². The van der Waals surface area contributed by atoms with Gasteiger partial charge in [0.1, 0.15) is 11.5 Å². The molecule has 0 amide bonds. The molecular weight excluding hydrogens is 382 g/mol. The summed E-state index contributed by atoms with van der Waals surface area (Å²) in [4.78, 5) is 2.77. The van der Waals surface area contributed by atoms with Gasteiger partial charge >= 0.3 is 0 Å². The minimum absolute atomic E-state index is 0. The highest BCUT2D eigenvalue weighted by molar-refractivity contribution is 5.85. The van der Waals surface area contributed by atoms with Gasteiger partial charge in [0.05, 0.1) is 14.2 Å². The summed E-state index contributed by atoms with van der Waals surface area (Å²) in [6.45, 7) is 3.48. The van der Waals surface area contributed by atoms with Crippen LogP contribution in [0.5, 0.6) is 11.5 Å². The number of ether oxygens (including phenoxy) is 2. The molecule has 29 heavy (non-hydrogen) atoms. The zero-order valence-electron chi connectivity index (χ0n) is 18.1. The van der Waals surface area contributed by atoms with Gasteiger partial charge in [-0.15, -0.1) is 12.4 Å². The second kappa shape index (κ2) is 12.1. The van der Waals surface area contributed by atoms with Crippen molar-refractivity contribution in [2.45, 2.75) is 64.0 Å². The fourth-order valence-electron chi connectivity index (χ4n) is 4.61. The van der Waals surface area contributed by atoms with Gasteiger partial charge < -0.3 is 9.47 Å².